The third kappa shape index (κ3) is 5.40. The Kier molecular flexibility index (Phi) is 6.89. The summed E-state index contributed by atoms with van der Waals surface area (Å²) in [7, 11) is 1.20. The van der Waals surface area contributed by atoms with Crippen molar-refractivity contribution < 1.29 is 32.6 Å². The van der Waals surface area contributed by atoms with Crippen molar-refractivity contribution in [2.45, 2.75) is 19.1 Å². The van der Waals surface area contributed by atoms with Gasteiger partial charge in [0.25, 0.3) is 5.91 Å². The molecule has 0 fully saturated rings. The van der Waals surface area contributed by atoms with Gasteiger partial charge in [-0.3, -0.25) is 4.79 Å². The van der Waals surface area contributed by atoms with Crippen molar-refractivity contribution in [3.05, 3.63) is 74.9 Å². The molecule has 0 aliphatic rings. The third-order valence-corrected chi connectivity index (χ3v) is 5.34. The number of aryl methyl sites for hydroxylation is 1. The van der Waals surface area contributed by atoms with Gasteiger partial charge in [0.15, 0.2) is 5.69 Å². The lowest BCUT2D eigenvalue weighted by atomic mass is 10.1. The molecule has 0 radical (unpaired) electrons. The van der Waals surface area contributed by atoms with Gasteiger partial charge >= 0.3 is 12.1 Å². The highest BCUT2D eigenvalue weighted by atomic mass is 35.5. The Balaban J connectivity index is 1.96. The molecule has 0 unspecified atom stereocenters. The number of hydrogen-bond donors (Lipinski definition) is 2. The van der Waals surface area contributed by atoms with Gasteiger partial charge in [-0.15, -0.1) is 0 Å². The maximum absolute atomic E-state index is 13.6. The molecule has 1 aromatic heterocycles. The molecular formula is C21H16Cl2F3N3O4. The minimum atomic E-state index is -4.93. The number of nitrogens with zero attached hydrogens (tertiary/aromatic N) is 2. The maximum Gasteiger partial charge on any atom is 0.436 e. The predicted molar refractivity (Wildman–Crippen MR) is 114 cm³/mol. The number of nitrogens with one attached hydrogen (secondary N) is 1. The first-order chi connectivity index (χ1) is 15.4. The summed E-state index contributed by atoms with van der Waals surface area (Å²) in [5.74, 6) is -2.62. The van der Waals surface area contributed by atoms with Crippen LogP contribution in [0, 0.1) is 0 Å². The maximum atomic E-state index is 13.6. The average Bonchev–Trinajstić information content (AvgIpc) is 3.07. The van der Waals surface area contributed by atoms with E-state index in [-0.39, 0.29) is 21.4 Å². The number of rotatable bonds is 6. The van der Waals surface area contributed by atoms with Gasteiger partial charge in [0, 0.05) is 13.1 Å². The van der Waals surface area contributed by atoms with Gasteiger partial charge in [0.1, 0.15) is 11.3 Å². The monoisotopic (exact) mass is 501 g/mol. The van der Waals surface area contributed by atoms with Crippen LogP contribution in [0.25, 0.3) is 0 Å². The highest BCUT2D eigenvalue weighted by Gasteiger charge is 2.42. The smallest absolute Gasteiger partial charge is 0.436 e. The molecule has 33 heavy (non-hydrogen) atoms. The summed E-state index contributed by atoms with van der Waals surface area (Å²) in [5, 5.41) is 15.2. The van der Waals surface area contributed by atoms with E-state index >= 15 is 0 Å². The Bertz CT molecular complexity index is 1210. The molecule has 0 aliphatic heterocycles. The van der Waals surface area contributed by atoms with E-state index in [4.69, 9.17) is 33.0 Å². The quantitative estimate of drug-likeness (QED) is 0.450. The first-order valence-electron chi connectivity index (χ1n) is 9.29. The zero-order valence-corrected chi connectivity index (χ0v) is 18.6. The Morgan fingerprint density at radius 2 is 1.76 bits per heavy atom. The Hall–Kier alpha value is -3.24. The van der Waals surface area contributed by atoms with Gasteiger partial charge < -0.3 is 15.2 Å². The first-order valence-corrected chi connectivity index (χ1v) is 10.0. The zero-order valence-electron chi connectivity index (χ0n) is 17.1. The molecule has 0 spiro atoms. The molecule has 1 heterocycles. The number of carbonyl (C=O) groups is 2. The van der Waals surface area contributed by atoms with Crippen LogP contribution < -0.4 is 10.1 Å². The topological polar surface area (TPSA) is 93.5 Å². The number of carbonyl (C=O) groups excluding carboxylic acids is 1. The standard InChI is InChI=1S/C21H16Cl2F3N3O4/c1-10(11-3-5-12(6-4-11)20(31)32)27-18(30)16-17(21(24,25)26)28-29(2)19(16)33-13-7-8-14(22)15(23)9-13/h3-10H,1-2H3,(H,27,30)(H,31,32)/t10-/m0/s1. The minimum absolute atomic E-state index is 0.0289. The molecule has 174 valence electrons. The van der Waals surface area contributed by atoms with Gasteiger partial charge in [-0.1, -0.05) is 35.3 Å². The van der Waals surface area contributed by atoms with Crippen molar-refractivity contribution in [1.82, 2.24) is 15.1 Å². The van der Waals surface area contributed by atoms with Crippen molar-refractivity contribution in [3.8, 4) is 11.6 Å². The van der Waals surface area contributed by atoms with E-state index < -0.39 is 41.2 Å². The number of aromatic carboxylic acids is 1. The summed E-state index contributed by atoms with van der Waals surface area (Å²) in [6.45, 7) is 1.54. The molecule has 3 aromatic rings. The third-order valence-electron chi connectivity index (χ3n) is 4.60. The van der Waals surface area contributed by atoms with Crippen molar-refractivity contribution >= 4 is 35.1 Å². The zero-order chi connectivity index (χ0) is 24.5. The number of benzene rings is 2. The van der Waals surface area contributed by atoms with Crippen LogP contribution in [0.3, 0.4) is 0 Å². The summed E-state index contributed by atoms with van der Waals surface area (Å²) in [6, 6.07) is 8.86. The molecule has 2 N–H and O–H groups in total. The van der Waals surface area contributed by atoms with Gasteiger partial charge in [0.05, 0.1) is 21.7 Å². The second kappa shape index (κ2) is 9.32. The van der Waals surface area contributed by atoms with Crippen molar-refractivity contribution in [2.24, 2.45) is 7.05 Å². The average molecular weight is 502 g/mol. The van der Waals surface area contributed by atoms with Gasteiger partial charge in [-0.05, 0) is 36.8 Å². The molecule has 2 aromatic carbocycles. The van der Waals surface area contributed by atoms with Crippen LogP contribution in [0.1, 0.15) is 44.9 Å². The molecule has 0 aliphatic carbocycles. The fraction of sp³-hybridized carbons (Fsp3) is 0.190. The van der Waals surface area contributed by atoms with Crippen LogP contribution in [0.2, 0.25) is 10.0 Å². The Labute approximate surface area is 195 Å². The van der Waals surface area contributed by atoms with Crippen molar-refractivity contribution in [3.63, 3.8) is 0 Å². The van der Waals surface area contributed by atoms with Crippen LogP contribution in [-0.2, 0) is 13.2 Å². The molecule has 7 nitrogen and oxygen atoms in total. The number of carboxylic acids is 1. The highest BCUT2D eigenvalue weighted by Crippen LogP contribution is 2.38. The normalized spacial score (nSPS) is 12.3. The van der Waals surface area contributed by atoms with E-state index in [0.29, 0.717) is 5.56 Å². The second-order valence-corrected chi connectivity index (χ2v) is 7.76. The number of alkyl halides is 3. The fourth-order valence-corrected chi connectivity index (χ4v) is 3.24. The molecule has 3 rings (SSSR count). The molecule has 0 bridgehead atoms. The summed E-state index contributed by atoms with van der Waals surface area (Å²) < 4.78 is 47.2. The van der Waals surface area contributed by atoms with Crippen LogP contribution in [0.5, 0.6) is 11.6 Å². The molecule has 12 heteroatoms. The van der Waals surface area contributed by atoms with Crippen molar-refractivity contribution in [1.29, 1.82) is 0 Å². The van der Waals surface area contributed by atoms with Gasteiger partial charge in [-0.2, -0.15) is 18.3 Å². The van der Waals surface area contributed by atoms with Crippen molar-refractivity contribution in [2.75, 3.05) is 0 Å². The Morgan fingerprint density at radius 1 is 1.12 bits per heavy atom. The van der Waals surface area contributed by atoms with Crippen LogP contribution in [0.15, 0.2) is 42.5 Å². The lowest BCUT2D eigenvalue weighted by Crippen LogP contribution is -2.28. The molecule has 0 saturated heterocycles. The second-order valence-electron chi connectivity index (χ2n) is 6.95. The first kappa shape index (κ1) is 24.4. The summed E-state index contributed by atoms with van der Waals surface area (Å²) in [4.78, 5) is 23.9. The SMILES string of the molecule is C[C@H](NC(=O)c1c(C(F)(F)F)nn(C)c1Oc1ccc(Cl)c(Cl)c1)c1ccc(C(=O)O)cc1. The number of halogens is 5. The van der Waals surface area contributed by atoms with Crippen LogP contribution in [0.4, 0.5) is 13.2 Å². The largest absolute Gasteiger partial charge is 0.478 e. The molecule has 0 saturated carbocycles. The number of ether oxygens (including phenoxy) is 1. The van der Waals surface area contributed by atoms with Crippen LogP contribution in [-0.4, -0.2) is 26.8 Å². The molecule has 1 amide bonds. The number of hydrogen-bond acceptors (Lipinski definition) is 4. The molecule has 1 atom stereocenters. The van der Waals surface area contributed by atoms with E-state index in [0.717, 1.165) is 4.68 Å². The number of amides is 1. The number of aromatic nitrogens is 2. The van der Waals surface area contributed by atoms with E-state index in [9.17, 15) is 22.8 Å². The highest BCUT2D eigenvalue weighted by molar-refractivity contribution is 6.42. The summed E-state index contributed by atoms with van der Waals surface area (Å²) in [6.07, 6.45) is -4.93. The fourth-order valence-electron chi connectivity index (χ4n) is 2.95. The van der Waals surface area contributed by atoms with E-state index in [1.807, 2.05) is 0 Å². The predicted octanol–water partition coefficient (Wildman–Crippen LogP) is 5.73. The van der Waals surface area contributed by atoms with Crippen LogP contribution >= 0.6 is 23.2 Å². The summed E-state index contributed by atoms with van der Waals surface area (Å²) in [5.41, 5.74) is -1.73. The van der Waals surface area contributed by atoms with E-state index in [1.165, 1.54) is 56.4 Å². The number of carboxylic acid groups (broad SMARTS) is 1. The van der Waals surface area contributed by atoms with E-state index in [2.05, 4.69) is 10.4 Å². The summed E-state index contributed by atoms with van der Waals surface area (Å²) >= 11 is 11.8. The lowest BCUT2D eigenvalue weighted by molar-refractivity contribution is -0.141. The minimum Gasteiger partial charge on any atom is -0.478 e. The lowest BCUT2D eigenvalue weighted by Gasteiger charge is -2.16. The Morgan fingerprint density at radius 3 is 2.30 bits per heavy atom. The van der Waals surface area contributed by atoms with Gasteiger partial charge in [-0.25, -0.2) is 9.48 Å². The van der Waals surface area contributed by atoms with Gasteiger partial charge in [0.2, 0.25) is 5.88 Å². The molecular weight excluding hydrogens is 486 g/mol. The van der Waals surface area contributed by atoms with E-state index in [1.54, 1.807) is 0 Å².